The molecule has 2 N–H and O–H groups in total. The SMILES string of the molecule is Cc1c(C(C)NCc2cccc(F)c2O)cnn1C. The highest BCUT2D eigenvalue weighted by Crippen LogP contribution is 2.22. The molecule has 1 aromatic carbocycles. The molecular weight excluding hydrogens is 245 g/mol. The molecule has 0 saturated carbocycles. The van der Waals surface area contributed by atoms with E-state index in [1.165, 1.54) is 6.07 Å². The zero-order valence-corrected chi connectivity index (χ0v) is 11.3. The maximum absolute atomic E-state index is 13.2. The number of hydrogen-bond donors (Lipinski definition) is 2. The predicted molar refractivity (Wildman–Crippen MR) is 71.3 cm³/mol. The van der Waals surface area contributed by atoms with Crippen molar-refractivity contribution in [3.05, 3.63) is 47.0 Å². The summed E-state index contributed by atoms with van der Waals surface area (Å²) in [4.78, 5) is 0. The quantitative estimate of drug-likeness (QED) is 0.890. The summed E-state index contributed by atoms with van der Waals surface area (Å²) in [5.41, 5.74) is 2.73. The van der Waals surface area contributed by atoms with Crippen LogP contribution in [0.25, 0.3) is 0 Å². The van der Waals surface area contributed by atoms with Crippen molar-refractivity contribution in [1.82, 2.24) is 15.1 Å². The van der Waals surface area contributed by atoms with E-state index in [1.807, 2.05) is 31.8 Å². The highest BCUT2D eigenvalue weighted by atomic mass is 19.1. The van der Waals surface area contributed by atoms with E-state index in [0.29, 0.717) is 12.1 Å². The van der Waals surface area contributed by atoms with Crippen molar-refractivity contribution in [3.63, 3.8) is 0 Å². The first kappa shape index (κ1) is 13.5. The lowest BCUT2D eigenvalue weighted by Crippen LogP contribution is -2.18. The summed E-state index contributed by atoms with van der Waals surface area (Å²) < 4.78 is 15.0. The Kier molecular flexibility index (Phi) is 3.85. The minimum absolute atomic E-state index is 0.0800. The topological polar surface area (TPSA) is 50.1 Å². The molecule has 0 saturated heterocycles. The minimum Gasteiger partial charge on any atom is -0.505 e. The number of benzene rings is 1. The molecule has 0 aliphatic rings. The largest absolute Gasteiger partial charge is 0.505 e. The Labute approximate surface area is 111 Å². The summed E-state index contributed by atoms with van der Waals surface area (Å²) in [5, 5.41) is 17.1. The summed E-state index contributed by atoms with van der Waals surface area (Å²) in [6, 6.07) is 4.62. The van der Waals surface area contributed by atoms with E-state index in [1.54, 1.807) is 12.1 Å². The van der Waals surface area contributed by atoms with Gasteiger partial charge in [0.2, 0.25) is 0 Å². The molecule has 1 atom stereocenters. The standard InChI is InChI=1S/C14H18FN3O/c1-9(12-8-17-18(3)10(12)2)16-7-11-5-4-6-13(15)14(11)19/h4-6,8-9,16,19H,7H2,1-3H3. The van der Waals surface area contributed by atoms with Gasteiger partial charge in [0.25, 0.3) is 0 Å². The molecule has 0 aliphatic carbocycles. The molecule has 0 spiro atoms. The van der Waals surface area contributed by atoms with Gasteiger partial charge in [0.15, 0.2) is 11.6 Å². The molecule has 0 amide bonds. The predicted octanol–water partition coefficient (Wildman–Crippen LogP) is 2.42. The average molecular weight is 263 g/mol. The van der Waals surface area contributed by atoms with Crippen LogP contribution in [0, 0.1) is 12.7 Å². The van der Waals surface area contributed by atoms with Crippen LogP contribution in [0.2, 0.25) is 0 Å². The number of halogens is 1. The molecule has 1 heterocycles. The normalized spacial score (nSPS) is 12.6. The van der Waals surface area contributed by atoms with Crippen LogP contribution in [0.1, 0.15) is 29.8 Å². The first-order chi connectivity index (χ1) is 9.00. The van der Waals surface area contributed by atoms with Crippen molar-refractivity contribution in [2.24, 2.45) is 7.05 Å². The van der Waals surface area contributed by atoms with Crippen LogP contribution in [0.15, 0.2) is 24.4 Å². The Morgan fingerprint density at radius 1 is 1.47 bits per heavy atom. The summed E-state index contributed by atoms with van der Waals surface area (Å²) in [5.74, 6) is -0.880. The van der Waals surface area contributed by atoms with Gasteiger partial charge in [-0.1, -0.05) is 12.1 Å². The molecule has 0 radical (unpaired) electrons. The molecule has 19 heavy (non-hydrogen) atoms. The summed E-state index contributed by atoms with van der Waals surface area (Å²) >= 11 is 0. The van der Waals surface area contributed by atoms with Crippen molar-refractivity contribution in [2.45, 2.75) is 26.4 Å². The molecule has 2 aromatic rings. The molecule has 5 heteroatoms. The summed E-state index contributed by atoms with van der Waals surface area (Å²) in [6.07, 6.45) is 1.82. The van der Waals surface area contributed by atoms with Gasteiger partial charge >= 0.3 is 0 Å². The molecule has 1 unspecified atom stereocenters. The number of nitrogens with one attached hydrogen (secondary N) is 1. The van der Waals surface area contributed by atoms with Crippen LogP contribution < -0.4 is 5.32 Å². The number of phenolic OH excluding ortho intramolecular Hbond substituents is 1. The summed E-state index contributed by atoms with van der Waals surface area (Å²) in [6.45, 7) is 4.42. The Balaban J connectivity index is 2.06. The van der Waals surface area contributed by atoms with Crippen LogP contribution in [0.4, 0.5) is 4.39 Å². The number of hydrogen-bond acceptors (Lipinski definition) is 3. The summed E-state index contributed by atoms with van der Waals surface area (Å²) in [7, 11) is 1.89. The van der Waals surface area contributed by atoms with Crippen LogP contribution in [0.5, 0.6) is 5.75 Å². The molecule has 1 aromatic heterocycles. The zero-order chi connectivity index (χ0) is 14.0. The lowest BCUT2D eigenvalue weighted by Gasteiger charge is -2.14. The number of nitrogens with zero attached hydrogens (tertiary/aromatic N) is 2. The monoisotopic (exact) mass is 263 g/mol. The second-order valence-corrected chi connectivity index (χ2v) is 4.66. The fraction of sp³-hybridized carbons (Fsp3) is 0.357. The molecule has 0 bridgehead atoms. The molecule has 0 aliphatic heterocycles. The van der Waals surface area contributed by atoms with E-state index in [4.69, 9.17) is 0 Å². The molecule has 4 nitrogen and oxygen atoms in total. The van der Waals surface area contributed by atoms with Crippen LogP contribution in [0.3, 0.4) is 0 Å². The molecule has 2 rings (SSSR count). The smallest absolute Gasteiger partial charge is 0.165 e. The third kappa shape index (κ3) is 2.76. The van der Waals surface area contributed by atoms with Gasteiger partial charge in [-0.25, -0.2) is 4.39 Å². The fourth-order valence-electron chi connectivity index (χ4n) is 2.02. The van der Waals surface area contributed by atoms with Crippen LogP contribution in [-0.2, 0) is 13.6 Å². The molecule has 0 fully saturated rings. The maximum atomic E-state index is 13.2. The highest BCUT2D eigenvalue weighted by Gasteiger charge is 2.13. The van der Waals surface area contributed by atoms with Gasteiger partial charge in [-0.05, 0) is 19.9 Å². The Hall–Kier alpha value is -1.88. The van der Waals surface area contributed by atoms with Crippen molar-refractivity contribution in [1.29, 1.82) is 0 Å². The third-order valence-corrected chi connectivity index (χ3v) is 3.41. The Bertz CT molecular complexity index is 580. The number of rotatable bonds is 4. The van der Waals surface area contributed by atoms with E-state index in [-0.39, 0.29) is 11.8 Å². The average Bonchev–Trinajstić information content (AvgIpc) is 2.72. The lowest BCUT2D eigenvalue weighted by atomic mass is 10.1. The highest BCUT2D eigenvalue weighted by molar-refractivity contribution is 5.33. The van der Waals surface area contributed by atoms with Gasteiger partial charge in [-0.3, -0.25) is 4.68 Å². The van der Waals surface area contributed by atoms with Gasteiger partial charge in [0.1, 0.15) is 0 Å². The Morgan fingerprint density at radius 3 is 2.84 bits per heavy atom. The number of aromatic nitrogens is 2. The number of phenols is 1. The van der Waals surface area contributed by atoms with Crippen LogP contribution >= 0.6 is 0 Å². The van der Waals surface area contributed by atoms with Crippen molar-refractivity contribution in [2.75, 3.05) is 0 Å². The Morgan fingerprint density at radius 2 is 2.21 bits per heavy atom. The van der Waals surface area contributed by atoms with Crippen molar-refractivity contribution < 1.29 is 9.50 Å². The third-order valence-electron chi connectivity index (χ3n) is 3.41. The number of aryl methyl sites for hydroxylation is 1. The van der Waals surface area contributed by atoms with Gasteiger partial charge in [0.05, 0.1) is 6.20 Å². The second-order valence-electron chi connectivity index (χ2n) is 4.66. The van der Waals surface area contributed by atoms with Gasteiger partial charge in [-0.2, -0.15) is 5.10 Å². The van der Waals surface area contributed by atoms with Crippen molar-refractivity contribution >= 4 is 0 Å². The van der Waals surface area contributed by atoms with E-state index in [9.17, 15) is 9.50 Å². The van der Waals surface area contributed by atoms with Gasteiger partial charge < -0.3 is 10.4 Å². The fourth-order valence-corrected chi connectivity index (χ4v) is 2.02. The minimum atomic E-state index is -0.593. The number of para-hydroxylation sites is 1. The van der Waals surface area contributed by atoms with E-state index in [0.717, 1.165) is 11.3 Å². The van der Waals surface area contributed by atoms with Gasteiger partial charge in [0, 0.05) is 36.5 Å². The second kappa shape index (κ2) is 5.40. The first-order valence-electron chi connectivity index (χ1n) is 6.19. The molecular formula is C14H18FN3O. The van der Waals surface area contributed by atoms with E-state index >= 15 is 0 Å². The molecule has 102 valence electrons. The number of aromatic hydroxyl groups is 1. The van der Waals surface area contributed by atoms with E-state index < -0.39 is 5.82 Å². The van der Waals surface area contributed by atoms with Crippen molar-refractivity contribution in [3.8, 4) is 5.75 Å². The first-order valence-corrected chi connectivity index (χ1v) is 6.19. The van der Waals surface area contributed by atoms with Crippen LogP contribution in [-0.4, -0.2) is 14.9 Å². The van der Waals surface area contributed by atoms with E-state index in [2.05, 4.69) is 10.4 Å². The maximum Gasteiger partial charge on any atom is 0.165 e. The van der Waals surface area contributed by atoms with Gasteiger partial charge in [-0.15, -0.1) is 0 Å². The zero-order valence-electron chi connectivity index (χ0n) is 11.3. The lowest BCUT2D eigenvalue weighted by molar-refractivity contribution is 0.420.